The van der Waals surface area contributed by atoms with Crippen molar-refractivity contribution in [3.63, 3.8) is 0 Å². The summed E-state index contributed by atoms with van der Waals surface area (Å²) in [5.41, 5.74) is 7.51. The van der Waals surface area contributed by atoms with Crippen LogP contribution in [0.25, 0.3) is 0 Å². The maximum atomic E-state index is 5.71. The van der Waals surface area contributed by atoms with Crippen LogP contribution < -0.4 is 10.5 Å². The average Bonchev–Trinajstić information content (AvgIpc) is 2.30. The number of anilines is 1. The Labute approximate surface area is 117 Å². The van der Waals surface area contributed by atoms with Crippen molar-refractivity contribution in [3.05, 3.63) is 57.0 Å². The van der Waals surface area contributed by atoms with E-state index in [9.17, 15) is 0 Å². The highest BCUT2D eigenvalue weighted by atomic mass is 79.9. The molecule has 17 heavy (non-hydrogen) atoms. The normalized spacial score (nSPS) is 10.2. The molecule has 2 nitrogen and oxygen atoms in total. The number of benzene rings is 2. The van der Waals surface area contributed by atoms with Gasteiger partial charge in [0, 0.05) is 16.2 Å². The third-order valence-electron chi connectivity index (χ3n) is 2.24. The van der Waals surface area contributed by atoms with E-state index in [-0.39, 0.29) is 0 Å². The summed E-state index contributed by atoms with van der Waals surface area (Å²) < 4.78 is 7.66. The van der Waals surface area contributed by atoms with Crippen LogP contribution in [0.4, 0.5) is 5.69 Å². The molecule has 0 atom stereocenters. The Bertz CT molecular complexity index is 529. The highest BCUT2D eigenvalue weighted by molar-refractivity contribution is 9.10. The number of nitrogens with two attached hydrogens (primary N) is 1. The summed E-state index contributed by atoms with van der Waals surface area (Å²) in [6.45, 7) is 0.515. The van der Waals surface area contributed by atoms with Gasteiger partial charge in [-0.15, -0.1) is 0 Å². The second kappa shape index (κ2) is 5.56. The zero-order valence-electron chi connectivity index (χ0n) is 8.99. The fourth-order valence-electron chi connectivity index (χ4n) is 1.42. The van der Waals surface area contributed by atoms with Gasteiger partial charge in [0.05, 0.1) is 4.47 Å². The van der Waals surface area contributed by atoms with Crippen molar-refractivity contribution in [1.29, 1.82) is 0 Å². The molecule has 88 valence electrons. The van der Waals surface area contributed by atoms with Gasteiger partial charge in [0.1, 0.15) is 12.4 Å². The van der Waals surface area contributed by atoms with Crippen molar-refractivity contribution in [3.8, 4) is 5.75 Å². The predicted octanol–water partition coefficient (Wildman–Crippen LogP) is 4.37. The van der Waals surface area contributed by atoms with E-state index in [2.05, 4.69) is 31.9 Å². The van der Waals surface area contributed by atoms with Gasteiger partial charge in [-0.1, -0.05) is 28.1 Å². The van der Waals surface area contributed by atoms with E-state index in [1.54, 1.807) is 0 Å². The molecule has 0 aromatic heterocycles. The molecule has 0 bridgehead atoms. The molecule has 2 aromatic carbocycles. The zero-order chi connectivity index (χ0) is 12.3. The van der Waals surface area contributed by atoms with E-state index >= 15 is 0 Å². The SMILES string of the molecule is Nc1ccc(Br)c(OCc2cccc(Br)c2)c1. The van der Waals surface area contributed by atoms with E-state index in [1.165, 1.54) is 0 Å². The summed E-state index contributed by atoms with van der Waals surface area (Å²) in [5.74, 6) is 0.755. The van der Waals surface area contributed by atoms with Gasteiger partial charge in [0.2, 0.25) is 0 Å². The summed E-state index contributed by atoms with van der Waals surface area (Å²) in [5, 5.41) is 0. The molecule has 0 saturated carbocycles. The third-order valence-corrected chi connectivity index (χ3v) is 3.39. The third kappa shape index (κ3) is 3.48. The molecule has 0 unspecified atom stereocenters. The lowest BCUT2D eigenvalue weighted by molar-refractivity contribution is 0.304. The standard InChI is InChI=1S/C13H11Br2NO/c14-10-3-1-2-9(6-10)8-17-13-7-11(16)4-5-12(13)15/h1-7H,8,16H2. The van der Waals surface area contributed by atoms with Crippen molar-refractivity contribution in [2.45, 2.75) is 6.61 Å². The van der Waals surface area contributed by atoms with Crippen molar-refractivity contribution in [2.75, 3.05) is 5.73 Å². The fraction of sp³-hybridized carbons (Fsp3) is 0.0769. The van der Waals surface area contributed by atoms with Crippen LogP contribution in [0.1, 0.15) is 5.56 Å². The summed E-state index contributed by atoms with van der Waals surface area (Å²) in [6.07, 6.45) is 0. The van der Waals surface area contributed by atoms with Gasteiger partial charge in [-0.05, 0) is 45.8 Å². The highest BCUT2D eigenvalue weighted by Crippen LogP contribution is 2.27. The van der Waals surface area contributed by atoms with Crippen molar-refractivity contribution in [2.24, 2.45) is 0 Å². The number of rotatable bonds is 3. The van der Waals surface area contributed by atoms with Gasteiger partial charge in [0.15, 0.2) is 0 Å². The Hall–Kier alpha value is -1.00. The number of halogens is 2. The monoisotopic (exact) mass is 355 g/mol. The first kappa shape index (κ1) is 12.5. The lowest BCUT2D eigenvalue weighted by Crippen LogP contribution is -1.97. The Kier molecular flexibility index (Phi) is 4.07. The fourth-order valence-corrected chi connectivity index (χ4v) is 2.23. The van der Waals surface area contributed by atoms with E-state index < -0.39 is 0 Å². The number of hydrogen-bond acceptors (Lipinski definition) is 2. The Morgan fingerprint density at radius 3 is 2.65 bits per heavy atom. The number of hydrogen-bond donors (Lipinski definition) is 1. The first-order chi connectivity index (χ1) is 8.15. The maximum Gasteiger partial charge on any atom is 0.136 e. The van der Waals surface area contributed by atoms with Gasteiger partial charge in [-0.3, -0.25) is 0 Å². The molecule has 0 amide bonds. The van der Waals surface area contributed by atoms with Gasteiger partial charge in [-0.2, -0.15) is 0 Å². The molecule has 0 spiro atoms. The van der Waals surface area contributed by atoms with E-state index in [1.807, 2.05) is 42.5 Å². The lowest BCUT2D eigenvalue weighted by Gasteiger charge is -2.09. The summed E-state index contributed by atoms with van der Waals surface area (Å²) >= 11 is 6.86. The molecular formula is C13H11Br2NO. The molecule has 0 radical (unpaired) electrons. The Morgan fingerprint density at radius 1 is 1.06 bits per heavy atom. The van der Waals surface area contributed by atoms with Crippen LogP contribution >= 0.6 is 31.9 Å². The molecule has 0 saturated heterocycles. The summed E-state index contributed by atoms with van der Waals surface area (Å²) in [6, 6.07) is 13.5. The molecular weight excluding hydrogens is 346 g/mol. The molecule has 2 aromatic rings. The van der Waals surface area contributed by atoms with Gasteiger partial charge >= 0.3 is 0 Å². The average molecular weight is 357 g/mol. The van der Waals surface area contributed by atoms with Crippen molar-refractivity contribution in [1.82, 2.24) is 0 Å². The van der Waals surface area contributed by atoms with Crippen LogP contribution in [0, 0.1) is 0 Å². The minimum atomic E-state index is 0.515. The van der Waals surface area contributed by atoms with Crippen LogP contribution in [-0.4, -0.2) is 0 Å². The van der Waals surface area contributed by atoms with Crippen LogP contribution in [-0.2, 0) is 6.61 Å². The predicted molar refractivity (Wildman–Crippen MR) is 77.0 cm³/mol. The topological polar surface area (TPSA) is 35.2 Å². The van der Waals surface area contributed by atoms with Crippen LogP contribution in [0.3, 0.4) is 0 Å². The number of ether oxygens (including phenoxy) is 1. The molecule has 0 heterocycles. The van der Waals surface area contributed by atoms with Crippen molar-refractivity contribution < 1.29 is 4.74 Å². The molecule has 0 aliphatic carbocycles. The molecule has 2 N–H and O–H groups in total. The smallest absolute Gasteiger partial charge is 0.136 e. The quantitative estimate of drug-likeness (QED) is 0.828. The Morgan fingerprint density at radius 2 is 1.88 bits per heavy atom. The Balaban J connectivity index is 2.09. The molecule has 0 fully saturated rings. The molecule has 0 aliphatic rings. The number of nitrogen functional groups attached to an aromatic ring is 1. The first-order valence-corrected chi connectivity index (χ1v) is 6.66. The first-order valence-electron chi connectivity index (χ1n) is 5.07. The van der Waals surface area contributed by atoms with Gasteiger partial charge in [-0.25, -0.2) is 0 Å². The van der Waals surface area contributed by atoms with Crippen molar-refractivity contribution >= 4 is 37.5 Å². The summed E-state index contributed by atoms with van der Waals surface area (Å²) in [7, 11) is 0. The van der Waals surface area contributed by atoms with E-state index in [4.69, 9.17) is 10.5 Å². The highest BCUT2D eigenvalue weighted by Gasteiger charge is 2.02. The molecule has 2 rings (SSSR count). The largest absolute Gasteiger partial charge is 0.488 e. The van der Waals surface area contributed by atoms with E-state index in [0.717, 1.165) is 20.3 Å². The second-order valence-electron chi connectivity index (χ2n) is 3.61. The molecule has 4 heteroatoms. The minimum Gasteiger partial charge on any atom is -0.488 e. The van der Waals surface area contributed by atoms with Crippen LogP contribution in [0.2, 0.25) is 0 Å². The lowest BCUT2D eigenvalue weighted by atomic mass is 10.2. The van der Waals surface area contributed by atoms with Crippen LogP contribution in [0.15, 0.2) is 51.4 Å². The zero-order valence-corrected chi connectivity index (χ0v) is 12.2. The van der Waals surface area contributed by atoms with Crippen LogP contribution in [0.5, 0.6) is 5.75 Å². The second-order valence-corrected chi connectivity index (χ2v) is 5.38. The maximum absolute atomic E-state index is 5.71. The minimum absolute atomic E-state index is 0.515. The van der Waals surface area contributed by atoms with Gasteiger partial charge < -0.3 is 10.5 Å². The van der Waals surface area contributed by atoms with E-state index in [0.29, 0.717) is 12.3 Å². The summed E-state index contributed by atoms with van der Waals surface area (Å²) in [4.78, 5) is 0. The molecule has 0 aliphatic heterocycles. The van der Waals surface area contributed by atoms with Gasteiger partial charge in [0.25, 0.3) is 0 Å².